The number of hydrogen-bond acceptors (Lipinski definition) is 4. The van der Waals surface area contributed by atoms with Crippen LogP contribution in [0.5, 0.6) is 11.0 Å². The second kappa shape index (κ2) is 2.42. The Morgan fingerprint density at radius 1 is 1.07 bits per heavy atom. The van der Waals surface area contributed by atoms with Crippen molar-refractivity contribution in [1.29, 1.82) is 0 Å². The van der Waals surface area contributed by atoms with Gasteiger partial charge in [0.15, 0.2) is 10.6 Å². The van der Waals surface area contributed by atoms with Crippen molar-refractivity contribution in [3.8, 4) is 11.0 Å². The van der Waals surface area contributed by atoms with Crippen molar-refractivity contribution in [1.82, 2.24) is 0 Å². The van der Waals surface area contributed by atoms with Gasteiger partial charge in [0.05, 0.1) is 4.70 Å². The van der Waals surface area contributed by atoms with Crippen molar-refractivity contribution in [3.05, 3.63) is 24.3 Å². The highest BCUT2D eigenvalue weighted by Gasteiger charge is 2.09. The Morgan fingerprint density at radius 3 is 2.71 bits per heavy atom. The molecule has 0 unspecified atom stereocenters. The summed E-state index contributed by atoms with van der Waals surface area (Å²) in [7, 11) is 0. The molecule has 0 saturated heterocycles. The highest BCUT2D eigenvalue weighted by Crippen LogP contribution is 2.38. The molecule has 2 aromatic heterocycles. The van der Waals surface area contributed by atoms with Crippen molar-refractivity contribution in [2.24, 2.45) is 0 Å². The van der Waals surface area contributed by atoms with Crippen molar-refractivity contribution in [2.45, 2.75) is 0 Å². The van der Waals surface area contributed by atoms with Gasteiger partial charge in [-0.2, -0.15) is 0 Å². The van der Waals surface area contributed by atoms with E-state index in [1.54, 1.807) is 12.1 Å². The lowest BCUT2D eigenvalue weighted by molar-refractivity contribution is 0.347. The Kier molecular flexibility index (Phi) is 1.33. The van der Waals surface area contributed by atoms with E-state index in [1.807, 2.05) is 12.1 Å². The summed E-state index contributed by atoms with van der Waals surface area (Å²) in [6.45, 7) is 0. The molecule has 0 radical (unpaired) electrons. The highest BCUT2D eigenvalue weighted by atomic mass is 32.1. The van der Waals surface area contributed by atoms with Gasteiger partial charge in [0, 0.05) is 16.8 Å². The van der Waals surface area contributed by atoms with E-state index >= 15 is 0 Å². The second-order valence-corrected chi connectivity index (χ2v) is 4.10. The normalized spacial score (nSPS) is 11.4. The Bertz CT molecular complexity index is 565. The molecule has 3 aromatic rings. The number of fused-ring (bicyclic) bond motifs is 3. The lowest BCUT2D eigenvalue weighted by Crippen LogP contribution is -1.63. The maximum absolute atomic E-state index is 9.34. The first kappa shape index (κ1) is 7.70. The maximum Gasteiger partial charge on any atom is 0.282 e. The molecule has 3 nitrogen and oxygen atoms in total. The molecule has 0 aliphatic rings. The van der Waals surface area contributed by atoms with Gasteiger partial charge in [-0.3, -0.25) is 0 Å². The Hall–Kier alpha value is -1.68. The largest absolute Gasteiger partial charge is 0.499 e. The summed E-state index contributed by atoms with van der Waals surface area (Å²) in [5, 5.41) is 20.6. The molecule has 70 valence electrons. The predicted octanol–water partition coefficient (Wildman–Crippen LogP) is 3.06. The van der Waals surface area contributed by atoms with Crippen LogP contribution in [0.4, 0.5) is 0 Å². The third kappa shape index (κ3) is 0.914. The van der Waals surface area contributed by atoms with Crippen LogP contribution in [0.3, 0.4) is 0 Å². The van der Waals surface area contributed by atoms with Gasteiger partial charge in [-0.15, -0.1) is 0 Å². The van der Waals surface area contributed by atoms with Gasteiger partial charge in [-0.1, -0.05) is 23.5 Å². The molecule has 1 aromatic carbocycles. The van der Waals surface area contributed by atoms with Gasteiger partial charge in [0.2, 0.25) is 0 Å². The lowest BCUT2D eigenvalue weighted by atomic mass is 10.2. The molecule has 0 fully saturated rings. The summed E-state index contributed by atoms with van der Waals surface area (Å²) in [6.07, 6.45) is 0. The van der Waals surface area contributed by atoms with E-state index in [0.717, 1.165) is 15.5 Å². The fourth-order valence-corrected chi connectivity index (χ4v) is 2.46. The van der Waals surface area contributed by atoms with Gasteiger partial charge >= 0.3 is 0 Å². The number of thiophene rings is 1. The van der Waals surface area contributed by atoms with Crippen LogP contribution in [-0.4, -0.2) is 10.2 Å². The summed E-state index contributed by atoms with van der Waals surface area (Å²) in [5.74, 6) is -0.0969. The molecule has 0 saturated carbocycles. The quantitative estimate of drug-likeness (QED) is 0.594. The van der Waals surface area contributed by atoms with Gasteiger partial charge in [0.1, 0.15) is 0 Å². The zero-order valence-corrected chi connectivity index (χ0v) is 7.84. The SMILES string of the molecule is Oc1cc2ccc3cc(O)sc3c2o1. The first-order valence-electron chi connectivity index (χ1n) is 4.08. The van der Waals surface area contributed by atoms with Crippen LogP contribution in [-0.2, 0) is 0 Å². The van der Waals surface area contributed by atoms with Crippen LogP contribution in [0, 0.1) is 0 Å². The lowest BCUT2D eigenvalue weighted by Gasteiger charge is -1.88. The summed E-state index contributed by atoms with van der Waals surface area (Å²) in [4.78, 5) is 0. The topological polar surface area (TPSA) is 53.6 Å². The minimum Gasteiger partial charge on any atom is -0.499 e. The van der Waals surface area contributed by atoms with E-state index in [2.05, 4.69) is 0 Å². The van der Waals surface area contributed by atoms with Crippen LogP contribution in [0.2, 0.25) is 0 Å². The van der Waals surface area contributed by atoms with Crippen molar-refractivity contribution in [3.63, 3.8) is 0 Å². The predicted molar refractivity (Wildman–Crippen MR) is 54.9 cm³/mol. The van der Waals surface area contributed by atoms with Crippen molar-refractivity contribution < 1.29 is 14.6 Å². The Labute approximate surface area is 82.8 Å². The average Bonchev–Trinajstić information content (AvgIpc) is 2.65. The third-order valence-corrected chi connectivity index (χ3v) is 3.10. The van der Waals surface area contributed by atoms with Crippen LogP contribution >= 0.6 is 11.3 Å². The second-order valence-electron chi connectivity index (χ2n) is 3.07. The first-order valence-corrected chi connectivity index (χ1v) is 4.90. The molecule has 0 aliphatic carbocycles. The van der Waals surface area contributed by atoms with E-state index in [4.69, 9.17) is 4.42 Å². The molecule has 0 amide bonds. The highest BCUT2D eigenvalue weighted by molar-refractivity contribution is 7.21. The van der Waals surface area contributed by atoms with Gasteiger partial charge in [-0.25, -0.2) is 0 Å². The number of hydrogen-bond donors (Lipinski definition) is 2. The monoisotopic (exact) mass is 206 g/mol. The molecule has 2 N–H and O–H groups in total. The van der Waals surface area contributed by atoms with Gasteiger partial charge in [0.25, 0.3) is 5.95 Å². The van der Waals surface area contributed by atoms with Crippen LogP contribution < -0.4 is 0 Å². The van der Waals surface area contributed by atoms with Crippen molar-refractivity contribution >= 4 is 32.4 Å². The number of rotatable bonds is 0. The smallest absolute Gasteiger partial charge is 0.282 e. The van der Waals surface area contributed by atoms with Gasteiger partial charge in [-0.05, 0) is 6.07 Å². The van der Waals surface area contributed by atoms with E-state index < -0.39 is 0 Å². The third-order valence-electron chi connectivity index (χ3n) is 2.14. The number of aromatic hydroxyl groups is 2. The summed E-state index contributed by atoms with van der Waals surface area (Å²) >= 11 is 1.25. The molecule has 0 atom stereocenters. The standard InChI is InChI=1S/C10H6O3S/c11-7-3-5-1-2-6-4-8(12)14-10(6)9(5)13-7/h1-4,11-12H. The molecule has 0 aliphatic heterocycles. The first-order chi connectivity index (χ1) is 6.74. The minimum absolute atomic E-state index is 0.0969. The van der Waals surface area contributed by atoms with Gasteiger partial charge < -0.3 is 14.6 Å². The summed E-state index contributed by atoms with van der Waals surface area (Å²) < 4.78 is 6.01. The average molecular weight is 206 g/mol. The zero-order valence-electron chi connectivity index (χ0n) is 7.02. The van der Waals surface area contributed by atoms with E-state index in [9.17, 15) is 10.2 Å². The van der Waals surface area contributed by atoms with E-state index in [0.29, 0.717) is 5.58 Å². The van der Waals surface area contributed by atoms with Crippen LogP contribution in [0.25, 0.3) is 21.1 Å². The fourth-order valence-electron chi connectivity index (χ4n) is 1.57. The molecular weight excluding hydrogens is 200 g/mol. The fraction of sp³-hybridized carbons (Fsp3) is 0. The summed E-state index contributed by atoms with van der Waals surface area (Å²) in [5.41, 5.74) is 0.630. The Morgan fingerprint density at radius 2 is 1.86 bits per heavy atom. The van der Waals surface area contributed by atoms with Crippen LogP contribution in [0.1, 0.15) is 0 Å². The molecule has 0 bridgehead atoms. The number of benzene rings is 1. The maximum atomic E-state index is 9.34. The summed E-state index contributed by atoms with van der Waals surface area (Å²) in [6, 6.07) is 6.99. The molecule has 0 spiro atoms. The van der Waals surface area contributed by atoms with Crippen LogP contribution in [0.15, 0.2) is 28.7 Å². The molecular formula is C10H6O3S. The molecule has 14 heavy (non-hydrogen) atoms. The molecule has 2 heterocycles. The van der Waals surface area contributed by atoms with Crippen molar-refractivity contribution in [2.75, 3.05) is 0 Å². The molecule has 4 heteroatoms. The van der Waals surface area contributed by atoms with E-state index in [1.165, 1.54) is 11.3 Å². The minimum atomic E-state index is -0.0969. The van der Waals surface area contributed by atoms with E-state index in [-0.39, 0.29) is 11.0 Å². The number of furan rings is 1. The Balaban J connectivity index is 2.58. The zero-order chi connectivity index (χ0) is 9.71. The molecule has 3 rings (SSSR count).